The van der Waals surface area contributed by atoms with Crippen LogP contribution in [0.4, 0.5) is 4.39 Å². The number of hydrogen-bond donors (Lipinski definition) is 2. The highest BCUT2D eigenvalue weighted by molar-refractivity contribution is 5.66. The van der Waals surface area contributed by atoms with Crippen LogP contribution in [0, 0.1) is 5.82 Å². The summed E-state index contributed by atoms with van der Waals surface area (Å²) >= 11 is 0. The molecule has 0 spiro atoms. The summed E-state index contributed by atoms with van der Waals surface area (Å²) in [6.07, 6.45) is 11.9. The van der Waals surface area contributed by atoms with E-state index in [1.165, 1.54) is 11.6 Å². The number of carbonyl (C=O) groups is 2. The van der Waals surface area contributed by atoms with Gasteiger partial charge in [0.1, 0.15) is 5.82 Å². The van der Waals surface area contributed by atoms with Gasteiger partial charge in [-0.05, 0) is 61.8 Å². The van der Waals surface area contributed by atoms with E-state index in [1.807, 2.05) is 6.07 Å². The lowest BCUT2D eigenvalue weighted by molar-refractivity contribution is -0.138. The summed E-state index contributed by atoms with van der Waals surface area (Å²) in [4.78, 5) is 20.9. The summed E-state index contributed by atoms with van der Waals surface area (Å²) in [6.45, 7) is 0. The van der Waals surface area contributed by atoms with Crippen LogP contribution in [-0.4, -0.2) is 22.2 Å². The molecule has 27 heavy (non-hydrogen) atoms. The average molecular weight is 381 g/mol. The number of carboxylic acid groups (broad SMARTS) is 2. The van der Waals surface area contributed by atoms with Gasteiger partial charge in [0.25, 0.3) is 0 Å². The number of hydrogen-bond acceptors (Lipinski definition) is 2. The first-order valence-corrected chi connectivity index (χ1v) is 10.2. The highest BCUT2D eigenvalue weighted by atomic mass is 19.1. The monoisotopic (exact) mass is 380 g/mol. The van der Waals surface area contributed by atoms with Crippen LogP contribution in [0.25, 0.3) is 0 Å². The Morgan fingerprint density at radius 3 is 1.63 bits per heavy atom. The van der Waals surface area contributed by atoms with Gasteiger partial charge in [0.05, 0.1) is 0 Å². The van der Waals surface area contributed by atoms with Gasteiger partial charge in [0.2, 0.25) is 0 Å². The summed E-state index contributed by atoms with van der Waals surface area (Å²) in [5.74, 6) is -1.65. The van der Waals surface area contributed by atoms with E-state index in [9.17, 15) is 14.0 Å². The van der Waals surface area contributed by atoms with E-state index in [0.29, 0.717) is 0 Å². The fourth-order valence-corrected chi connectivity index (χ4v) is 3.32. The number of benzene rings is 1. The van der Waals surface area contributed by atoms with Crippen LogP contribution in [0.1, 0.15) is 88.2 Å². The highest BCUT2D eigenvalue weighted by Crippen LogP contribution is 2.19. The van der Waals surface area contributed by atoms with Crippen LogP contribution < -0.4 is 0 Å². The van der Waals surface area contributed by atoms with Crippen LogP contribution >= 0.6 is 0 Å². The van der Waals surface area contributed by atoms with Gasteiger partial charge in [0, 0.05) is 12.8 Å². The van der Waals surface area contributed by atoms with Gasteiger partial charge in [-0.25, -0.2) is 4.39 Å². The molecule has 1 aromatic carbocycles. The van der Waals surface area contributed by atoms with Crippen LogP contribution in [0.15, 0.2) is 18.2 Å². The first-order chi connectivity index (χ1) is 13.0. The van der Waals surface area contributed by atoms with Crippen LogP contribution in [0.3, 0.4) is 0 Å². The fourth-order valence-electron chi connectivity index (χ4n) is 3.32. The van der Waals surface area contributed by atoms with Crippen molar-refractivity contribution in [2.45, 2.75) is 89.9 Å². The van der Waals surface area contributed by atoms with Crippen molar-refractivity contribution in [2.75, 3.05) is 0 Å². The van der Waals surface area contributed by atoms with Crippen molar-refractivity contribution in [1.29, 1.82) is 0 Å². The molecule has 0 aliphatic carbocycles. The number of aryl methyl sites for hydroxylation is 2. The largest absolute Gasteiger partial charge is 0.481 e. The first-order valence-electron chi connectivity index (χ1n) is 10.2. The molecule has 0 radical (unpaired) electrons. The number of halogens is 1. The minimum atomic E-state index is -0.735. The zero-order chi connectivity index (χ0) is 19.9. The molecule has 5 heteroatoms. The van der Waals surface area contributed by atoms with Crippen molar-refractivity contribution in [3.8, 4) is 0 Å². The minimum Gasteiger partial charge on any atom is -0.481 e. The molecule has 0 aliphatic rings. The van der Waals surface area contributed by atoms with Crippen molar-refractivity contribution in [3.05, 3.63) is 35.1 Å². The smallest absolute Gasteiger partial charge is 0.303 e. The summed E-state index contributed by atoms with van der Waals surface area (Å²) < 4.78 is 13.6. The third-order valence-corrected chi connectivity index (χ3v) is 4.84. The molecule has 4 nitrogen and oxygen atoms in total. The van der Waals surface area contributed by atoms with E-state index < -0.39 is 11.9 Å². The molecule has 0 saturated carbocycles. The Hall–Kier alpha value is -1.91. The van der Waals surface area contributed by atoms with Gasteiger partial charge in [-0.1, -0.05) is 44.6 Å². The molecule has 0 atom stereocenters. The molecule has 0 heterocycles. The maximum absolute atomic E-state index is 13.6. The summed E-state index contributed by atoms with van der Waals surface area (Å²) in [5, 5.41) is 17.2. The number of carboxylic acids is 2. The van der Waals surface area contributed by atoms with E-state index >= 15 is 0 Å². The quantitative estimate of drug-likeness (QED) is 0.357. The molecular weight excluding hydrogens is 347 g/mol. The van der Waals surface area contributed by atoms with Crippen molar-refractivity contribution in [1.82, 2.24) is 0 Å². The van der Waals surface area contributed by atoms with Crippen LogP contribution in [0.5, 0.6) is 0 Å². The van der Waals surface area contributed by atoms with Gasteiger partial charge in [-0.15, -0.1) is 0 Å². The Morgan fingerprint density at radius 1 is 0.667 bits per heavy atom. The van der Waals surface area contributed by atoms with Gasteiger partial charge in [-0.3, -0.25) is 9.59 Å². The van der Waals surface area contributed by atoms with Crippen molar-refractivity contribution >= 4 is 11.9 Å². The summed E-state index contributed by atoms with van der Waals surface area (Å²) in [6, 6.07) is 5.06. The average Bonchev–Trinajstić information content (AvgIpc) is 2.61. The molecule has 0 saturated heterocycles. The van der Waals surface area contributed by atoms with Crippen molar-refractivity contribution < 1.29 is 24.2 Å². The second-order valence-corrected chi connectivity index (χ2v) is 7.24. The second kappa shape index (κ2) is 14.2. The summed E-state index contributed by atoms with van der Waals surface area (Å²) in [5.41, 5.74) is 2.30. The van der Waals surface area contributed by atoms with E-state index in [-0.39, 0.29) is 18.7 Å². The lowest BCUT2D eigenvalue weighted by atomic mass is 9.96. The summed E-state index contributed by atoms with van der Waals surface area (Å²) in [7, 11) is 0. The van der Waals surface area contributed by atoms with E-state index in [0.717, 1.165) is 82.6 Å². The van der Waals surface area contributed by atoms with E-state index in [2.05, 4.69) is 0 Å². The van der Waals surface area contributed by atoms with Gasteiger partial charge < -0.3 is 10.2 Å². The number of unbranched alkanes of at least 4 members (excludes halogenated alkanes) is 8. The zero-order valence-electron chi connectivity index (χ0n) is 16.2. The number of rotatable bonds is 16. The predicted molar refractivity (Wildman–Crippen MR) is 104 cm³/mol. The second-order valence-electron chi connectivity index (χ2n) is 7.24. The fraction of sp³-hybridized carbons (Fsp3) is 0.636. The van der Waals surface area contributed by atoms with Gasteiger partial charge in [0.15, 0.2) is 0 Å². The molecule has 0 amide bonds. The molecule has 1 rings (SSSR count). The predicted octanol–water partition coefficient (Wildman–Crippen LogP) is 5.76. The Bertz CT molecular complexity index is 571. The Morgan fingerprint density at radius 2 is 1.11 bits per heavy atom. The maximum Gasteiger partial charge on any atom is 0.303 e. The molecule has 0 fully saturated rings. The van der Waals surface area contributed by atoms with Crippen LogP contribution in [-0.2, 0) is 22.4 Å². The molecular formula is C22H33FO4. The SMILES string of the molecule is O=C(O)CCCCCCCc1ccc(F)cc1CCCCCCCC(=O)O. The standard InChI is InChI=1S/C22H33FO4/c23-20-16-15-18(11-7-3-1-5-9-13-21(24)25)19(17-20)12-8-4-2-6-10-14-22(26)27/h15-17H,1-14H2,(H,24,25)(H,26,27). The van der Waals surface area contributed by atoms with Crippen molar-refractivity contribution in [3.63, 3.8) is 0 Å². The maximum atomic E-state index is 13.6. The molecule has 1 aromatic rings. The highest BCUT2D eigenvalue weighted by Gasteiger charge is 2.05. The Kier molecular flexibility index (Phi) is 12.2. The van der Waals surface area contributed by atoms with Gasteiger partial charge in [-0.2, -0.15) is 0 Å². The van der Waals surface area contributed by atoms with Crippen LogP contribution in [0.2, 0.25) is 0 Å². The molecule has 0 bridgehead atoms. The lowest BCUT2D eigenvalue weighted by Gasteiger charge is -2.10. The zero-order valence-corrected chi connectivity index (χ0v) is 16.2. The molecule has 0 aromatic heterocycles. The Labute approximate surface area is 161 Å². The molecule has 2 N–H and O–H groups in total. The molecule has 0 unspecified atom stereocenters. The van der Waals surface area contributed by atoms with E-state index in [4.69, 9.17) is 10.2 Å². The normalized spacial score (nSPS) is 10.9. The lowest BCUT2D eigenvalue weighted by Crippen LogP contribution is -1.97. The first kappa shape index (κ1) is 23.1. The van der Waals surface area contributed by atoms with Gasteiger partial charge >= 0.3 is 11.9 Å². The van der Waals surface area contributed by atoms with Crippen molar-refractivity contribution in [2.24, 2.45) is 0 Å². The number of aliphatic carboxylic acids is 2. The third-order valence-electron chi connectivity index (χ3n) is 4.84. The molecule has 0 aliphatic heterocycles. The minimum absolute atomic E-state index is 0.191. The third kappa shape index (κ3) is 12.2. The molecule has 152 valence electrons. The van der Waals surface area contributed by atoms with E-state index in [1.54, 1.807) is 6.07 Å². The Balaban J connectivity index is 2.25. The topological polar surface area (TPSA) is 74.6 Å².